The molecular formula is C10H11N5. The smallest absolute Gasteiger partial charge is 0.157 e. The molecule has 3 heterocycles. The van der Waals surface area contributed by atoms with Crippen molar-refractivity contribution in [3.05, 3.63) is 23.9 Å². The van der Waals surface area contributed by atoms with Gasteiger partial charge in [0, 0.05) is 12.1 Å². The molecule has 0 radical (unpaired) electrons. The molecule has 4 rings (SSSR count). The molecule has 0 bridgehead atoms. The summed E-state index contributed by atoms with van der Waals surface area (Å²) in [5, 5.41) is 11.8. The monoisotopic (exact) mass is 201 g/mol. The van der Waals surface area contributed by atoms with Crippen LogP contribution in [0.2, 0.25) is 0 Å². The number of rotatable bonds is 1. The van der Waals surface area contributed by atoms with Gasteiger partial charge in [0.05, 0.1) is 12.2 Å². The maximum atomic E-state index is 4.30. The summed E-state index contributed by atoms with van der Waals surface area (Å²) in [6.45, 7) is 0.757. The highest BCUT2D eigenvalue weighted by molar-refractivity contribution is 5.59. The molecule has 0 amide bonds. The van der Waals surface area contributed by atoms with Crippen molar-refractivity contribution in [2.45, 2.75) is 25.3 Å². The minimum atomic E-state index is 0.632. The molecule has 15 heavy (non-hydrogen) atoms. The minimum Gasteiger partial charge on any atom is -0.363 e. The molecule has 0 atom stereocenters. The molecule has 5 nitrogen and oxygen atoms in total. The summed E-state index contributed by atoms with van der Waals surface area (Å²) in [5.74, 6) is 3.85. The fourth-order valence-corrected chi connectivity index (χ4v) is 2.17. The number of aromatic nitrogens is 4. The lowest BCUT2D eigenvalue weighted by atomic mass is 10.3. The molecule has 1 saturated carbocycles. The van der Waals surface area contributed by atoms with Crippen molar-refractivity contribution in [3.63, 3.8) is 0 Å². The molecule has 2 aliphatic rings. The van der Waals surface area contributed by atoms with Crippen molar-refractivity contribution in [1.82, 2.24) is 19.7 Å². The van der Waals surface area contributed by atoms with E-state index in [9.17, 15) is 0 Å². The topological polar surface area (TPSA) is 58.5 Å². The van der Waals surface area contributed by atoms with E-state index in [1.807, 2.05) is 6.20 Å². The number of aromatic amines is 1. The molecule has 0 aromatic carbocycles. The minimum absolute atomic E-state index is 0.632. The highest BCUT2D eigenvalue weighted by atomic mass is 15.3. The molecule has 0 unspecified atom stereocenters. The zero-order chi connectivity index (χ0) is 9.83. The molecule has 1 aliphatic carbocycles. The zero-order valence-corrected chi connectivity index (χ0v) is 8.20. The highest BCUT2D eigenvalue weighted by Crippen LogP contribution is 2.41. The van der Waals surface area contributed by atoms with Crippen molar-refractivity contribution in [1.29, 1.82) is 0 Å². The standard InChI is InChI=1S/C10H11N5/c1-2-6(1)10-14-13-8-5-12-9-7(15(8)10)3-4-11-9/h3-4,6,11-12H,1-2,5H2. The summed E-state index contributed by atoms with van der Waals surface area (Å²) >= 11 is 0. The van der Waals surface area contributed by atoms with E-state index in [0.29, 0.717) is 5.92 Å². The number of hydrogen-bond acceptors (Lipinski definition) is 3. The summed E-state index contributed by atoms with van der Waals surface area (Å²) in [6, 6.07) is 2.07. The summed E-state index contributed by atoms with van der Waals surface area (Å²) < 4.78 is 2.19. The predicted molar refractivity (Wildman–Crippen MR) is 55.0 cm³/mol. The molecule has 1 aliphatic heterocycles. The van der Waals surface area contributed by atoms with E-state index in [2.05, 4.69) is 31.1 Å². The zero-order valence-electron chi connectivity index (χ0n) is 8.20. The van der Waals surface area contributed by atoms with Crippen LogP contribution in [0.15, 0.2) is 12.3 Å². The molecule has 2 aromatic heterocycles. The fourth-order valence-electron chi connectivity index (χ4n) is 2.17. The van der Waals surface area contributed by atoms with Crippen LogP contribution in [0.3, 0.4) is 0 Å². The summed E-state index contributed by atoms with van der Waals surface area (Å²) in [7, 11) is 0. The third-order valence-corrected chi connectivity index (χ3v) is 3.09. The van der Waals surface area contributed by atoms with E-state index in [1.165, 1.54) is 12.8 Å². The van der Waals surface area contributed by atoms with Crippen LogP contribution in [0.1, 0.15) is 30.4 Å². The number of hydrogen-bond donors (Lipinski definition) is 2. The lowest BCUT2D eigenvalue weighted by Crippen LogP contribution is -2.16. The van der Waals surface area contributed by atoms with E-state index < -0.39 is 0 Å². The average molecular weight is 201 g/mol. The van der Waals surface area contributed by atoms with Gasteiger partial charge in [-0.15, -0.1) is 10.2 Å². The molecule has 2 N–H and O–H groups in total. The Morgan fingerprint density at radius 1 is 1.33 bits per heavy atom. The Kier molecular flexibility index (Phi) is 1.21. The van der Waals surface area contributed by atoms with Crippen molar-refractivity contribution in [2.24, 2.45) is 0 Å². The van der Waals surface area contributed by atoms with Crippen LogP contribution in [-0.4, -0.2) is 19.7 Å². The number of H-pyrrole nitrogens is 1. The van der Waals surface area contributed by atoms with Crippen LogP contribution >= 0.6 is 0 Å². The number of anilines is 1. The van der Waals surface area contributed by atoms with Gasteiger partial charge in [-0.1, -0.05) is 0 Å². The Labute approximate surface area is 86.5 Å². The molecule has 0 saturated heterocycles. The lowest BCUT2D eigenvalue weighted by molar-refractivity contribution is 0.819. The van der Waals surface area contributed by atoms with Crippen molar-refractivity contribution < 1.29 is 0 Å². The highest BCUT2D eigenvalue weighted by Gasteiger charge is 2.32. The van der Waals surface area contributed by atoms with Gasteiger partial charge in [-0.2, -0.15) is 0 Å². The van der Waals surface area contributed by atoms with E-state index in [-0.39, 0.29) is 0 Å². The third kappa shape index (κ3) is 0.921. The second-order valence-electron chi connectivity index (χ2n) is 4.18. The first-order valence-electron chi connectivity index (χ1n) is 5.29. The van der Waals surface area contributed by atoms with Crippen LogP contribution in [0.5, 0.6) is 0 Å². The van der Waals surface area contributed by atoms with Crippen LogP contribution in [0.4, 0.5) is 5.82 Å². The molecule has 5 heteroatoms. The van der Waals surface area contributed by atoms with Gasteiger partial charge < -0.3 is 10.3 Å². The lowest BCUT2D eigenvalue weighted by Gasteiger charge is -2.17. The Bertz CT molecular complexity index is 520. The number of nitrogens with one attached hydrogen (secondary N) is 2. The van der Waals surface area contributed by atoms with Gasteiger partial charge >= 0.3 is 0 Å². The second-order valence-corrected chi connectivity index (χ2v) is 4.18. The van der Waals surface area contributed by atoms with Gasteiger partial charge in [0.1, 0.15) is 11.6 Å². The van der Waals surface area contributed by atoms with Crippen LogP contribution in [-0.2, 0) is 6.54 Å². The normalized spacial score (nSPS) is 18.1. The summed E-state index contributed by atoms with van der Waals surface area (Å²) in [6.07, 6.45) is 4.46. The van der Waals surface area contributed by atoms with Gasteiger partial charge in [-0.05, 0) is 18.9 Å². The van der Waals surface area contributed by atoms with Crippen LogP contribution in [0, 0.1) is 0 Å². The first kappa shape index (κ1) is 7.50. The SMILES string of the molecule is c1cc2c([nH]1)NCc1nnc(C3CC3)n1-2. The number of nitrogens with zero attached hydrogens (tertiary/aromatic N) is 3. The van der Waals surface area contributed by atoms with Crippen molar-refractivity contribution in [2.75, 3.05) is 5.32 Å². The first-order valence-corrected chi connectivity index (χ1v) is 5.29. The van der Waals surface area contributed by atoms with Crippen molar-refractivity contribution >= 4 is 5.82 Å². The summed E-state index contributed by atoms with van der Waals surface area (Å²) in [5.41, 5.74) is 1.16. The summed E-state index contributed by atoms with van der Waals surface area (Å²) in [4.78, 5) is 3.19. The maximum Gasteiger partial charge on any atom is 0.157 e. The Morgan fingerprint density at radius 2 is 2.27 bits per heavy atom. The molecule has 1 fully saturated rings. The van der Waals surface area contributed by atoms with Gasteiger partial charge in [0.15, 0.2) is 5.82 Å². The maximum absolute atomic E-state index is 4.30. The first-order chi connectivity index (χ1) is 7.43. The third-order valence-electron chi connectivity index (χ3n) is 3.09. The Morgan fingerprint density at radius 3 is 3.13 bits per heavy atom. The van der Waals surface area contributed by atoms with E-state index in [4.69, 9.17) is 0 Å². The predicted octanol–water partition coefficient (Wildman–Crippen LogP) is 1.40. The van der Waals surface area contributed by atoms with E-state index >= 15 is 0 Å². The van der Waals surface area contributed by atoms with Gasteiger partial charge in [0.2, 0.25) is 0 Å². The van der Waals surface area contributed by atoms with Crippen LogP contribution < -0.4 is 5.32 Å². The molecule has 2 aromatic rings. The van der Waals surface area contributed by atoms with Gasteiger partial charge in [-0.3, -0.25) is 4.57 Å². The average Bonchev–Trinajstić information content (AvgIpc) is 2.84. The molecule has 76 valence electrons. The fraction of sp³-hybridized carbons (Fsp3) is 0.400. The second kappa shape index (κ2) is 2.42. The van der Waals surface area contributed by atoms with E-state index in [0.717, 1.165) is 29.7 Å². The number of fused-ring (bicyclic) bond motifs is 3. The van der Waals surface area contributed by atoms with Gasteiger partial charge in [0.25, 0.3) is 0 Å². The largest absolute Gasteiger partial charge is 0.363 e. The van der Waals surface area contributed by atoms with Crippen LogP contribution in [0.25, 0.3) is 5.69 Å². The van der Waals surface area contributed by atoms with Crippen molar-refractivity contribution in [3.8, 4) is 5.69 Å². The van der Waals surface area contributed by atoms with Gasteiger partial charge in [-0.25, -0.2) is 0 Å². The quantitative estimate of drug-likeness (QED) is 0.733. The molecule has 0 spiro atoms. The van der Waals surface area contributed by atoms with E-state index in [1.54, 1.807) is 0 Å². The Balaban J connectivity index is 1.98. The Hall–Kier alpha value is -1.78. The molecular weight excluding hydrogens is 190 g/mol.